The van der Waals surface area contributed by atoms with Gasteiger partial charge in [0.25, 0.3) is 0 Å². The Hall–Kier alpha value is -1.13. The van der Waals surface area contributed by atoms with Crippen molar-refractivity contribution in [3.05, 3.63) is 40.2 Å². The van der Waals surface area contributed by atoms with E-state index in [1.54, 1.807) is 11.8 Å². The summed E-state index contributed by atoms with van der Waals surface area (Å²) in [4.78, 5) is 4.15. The minimum atomic E-state index is -0.235. The van der Waals surface area contributed by atoms with Gasteiger partial charge in [0.2, 0.25) is 0 Å². The monoisotopic (exact) mass is 194 g/mol. The molecular weight excluding hydrogens is 184 g/mol. The summed E-state index contributed by atoms with van der Waals surface area (Å²) in [5.41, 5.74) is 9.66. The van der Waals surface area contributed by atoms with E-state index in [2.05, 4.69) is 4.98 Å². The second kappa shape index (κ2) is 3.32. The molecule has 4 heteroatoms. The third-order valence-electron chi connectivity index (χ3n) is 1.95. The summed E-state index contributed by atoms with van der Waals surface area (Å²) >= 11 is 1.54. The van der Waals surface area contributed by atoms with Crippen molar-refractivity contribution in [3.63, 3.8) is 0 Å². The number of furan rings is 1. The van der Waals surface area contributed by atoms with Crippen LogP contribution in [-0.2, 0) is 0 Å². The SMILES string of the molecule is Cc1ccoc1C(N)c1cscn1. The maximum atomic E-state index is 5.96. The Morgan fingerprint density at radius 1 is 1.62 bits per heavy atom. The van der Waals surface area contributed by atoms with Crippen LogP contribution in [0.4, 0.5) is 0 Å². The van der Waals surface area contributed by atoms with Gasteiger partial charge in [-0.3, -0.25) is 0 Å². The Kier molecular flexibility index (Phi) is 2.16. The molecule has 0 amide bonds. The van der Waals surface area contributed by atoms with Crippen LogP contribution in [0.25, 0.3) is 0 Å². The van der Waals surface area contributed by atoms with Crippen LogP contribution in [0.1, 0.15) is 23.1 Å². The van der Waals surface area contributed by atoms with Crippen LogP contribution in [0, 0.1) is 6.92 Å². The number of nitrogens with two attached hydrogens (primary N) is 1. The number of hydrogen-bond donors (Lipinski definition) is 1. The molecule has 0 bridgehead atoms. The molecule has 1 unspecified atom stereocenters. The summed E-state index contributed by atoms with van der Waals surface area (Å²) in [5, 5.41) is 1.94. The molecule has 13 heavy (non-hydrogen) atoms. The van der Waals surface area contributed by atoms with Gasteiger partial charge in [0, 0.05) is 5.38 Å². The summed E-state index contributed by atoms with van der Waals surface area (Å²) in [7, 11) is 0. The summed E-state index contributed by atoms with van der Waals surface area (Å²) < 4.78 is 5.29. The van der Waals surface area contributed by atoms with Crippen molar-refractivity contribution >= 4 is 11.3 Å². The van der Waals surface area contributed by atoms with Gasteiger partial charge in [-0.2, -0.15) is 0 Å². The van der Waals surface area contributed by atoms with Gasteiger partial charge in [-0.25, -0.2) is 4.98 Å². The number of hydrogen-bond acceptors (Lipinski definition) is 4. The fourth-order valence-electron chi connectivity index (χ4n) is 1.21. The summed E-state index contributed by atoms with van der Waals surface area (Å²) in [6.07, 6.45) is 1.65. The van der Waals surface area contributed by atoms with Gasteiger partial charge in [0.15, 0.2) is 0 Å². The lowest BCUT2D eigenvalue weighted by molar-refractivity contribution is 0.484. The topological polar surface area (TPSA) is 52.0 Å². The molecule has 0 saturated heterocycles. The first-order valence-electron chi connectivity index (χ1n) is 3.96. The average Bonchev–Trinajstić information content (AvgIpc) is 2.72. The fraction of sp³-hybridized carbons (Fsp3) is 0.222. The summed E-state index contributed by atoms with van der Waals surface area (Å²) in [6, 6.07) is 1.67. The molecule has 0 radical (unpaired) electrons. The first-order chi connectivity index (χ1) is 6.29. The zero-order valence-corrected chi connectivity index (χ0v) is 8.04. The zero-order valence-electron chi connectivity index (χ0n) is 7.23. The molecule has 0 aliphatic rings. The third kappa shape index (κ3) is 1.50. The van der Waals surface area contributed by atoms with Gasteiger partial charge < -0.3 is 10.2 Å². The maximum absolute atomic E-state index is 5.96. The van der Waals surface area contributed by atoms with E-state index in [0.29, 0.717) is 0 Å². The summed E-state index contributed by atoms with van der Waals surface area (Å²) in [6.45, 7) is 1.98. The molecular formula is C9H10N2OS. The van der Waals surface area contributed by atoms with Crippen molar-refractivity contribution < 1.29 is 4.42 Å². The highest BCUT2D eigenvalue weighted by atomic mass is 32.1. The highest BCUT2D eigenvalue weighted by molar-refractivity contribution is 7.07. The van der Waals surface area contributed by atoms with Crippen molar-refractivity contribution in [1.29, 1.82) is 0 Å². The number of aryl methyl sites for hydroxylation is 1. The van der Waals surface area contributed by atoms with Crippen LogP contribution < -0.4 is 5.73 Å². The van der Waals surface area contributed by atoms with Crippen LogP contribution >= 0.6 is 11.3 Å². The van der Waals surface area contributed by atoms with Gasteiger partial charge in [-0.05, 0) is 18.6 Å². The molecule has 0 aliphatic carbocycles. The van der Waals surface area contributed by atoms with E-state index < -0.39 is 0 Å². The van der Waals surface area contributed by atoms with E-state index in [-0.39, 0.29) is 6.04 Å². The molecule has 0 fully saturated rings. The number of rotatable bonds is 2. The predicted octanol–water partition coefficient (Wildman–Crippen LogP) is 2.09. The van der Waals surface area contributed by atoms with Crippen LogP contribution in [0.2, 0.25) is 0 Å². The molecule has 0 aromatic carbocycles. The van der Waals surface area contributed by atoms with Gasteiger partial charge in [-0.1, -0.05) is 0 Å². The van der Waals surface area contributed by atoms with Crippen molar-refractivity contribution in [3.8, 4) is 0 Å². The number of thiazole rings is 1. The van der Waals surface area contributed by atoms with E-state index in [9.17, 15) is 0 Å². The predicted molar refractivity (Wildman–Crippen MR) is 51.6 cm³/mol. The third-order valence-corrected chi connectivity index (χ3v) is 2.56. The molecule has 2 aromatic heterocycles. The van der Waals surface area contributed by atoms with E-state index in [0.717, 1.165) is 17.0 Å². The molecule has 0 spiro atoms. The Bertz CT molecular complexity index is 380. The van der Waals surface area contributed by atoms with Gasteiger partial charge in [0.05, 0.1) is 17.5 Å². The lowest BCUT2D eigenvalue weighted by Gasteiger charge is -2.05. The highest BCUT2D eigenvalue weighted by Gasteiger charge is 2.15. The van der Waals surface area contributed by atoms with E-state index >= 15 is 0 Å². The van der Waals surface area contributed by atoms with Crippen molar-refractivity contribution in [2.45, 2.75) is 13.0 Å². The first kappa shape index (κ1) is 8.47. The van der Waals surface area contributed by atoms with Gasteiger partial charge in [-0.15, -0.1) is 11.3 Å². The highest BCUT2D eigenvalue weighted by Crippen LogP contribution is 2.22. The second-order valence-electron chi connectivity index (χ2n) is 2.86. The van der Waals surface area contributed by atoms with Crippen molar-refractivity contribution in [2.75, 3.05) is 0 Å². The zero-order chi connectivity index (χ0) is 9.26. The average molecular weight is 194 g/mol. The Balaban J connectivity index is 2.33. The maximum Gasteiger partial charge on any atom is 0.129 e. The minimum Gasteiger partial charge on any atom is -0.467 e. The molecule has 0 saturated carbocycles. The second-order valence-corrected chi connectivity index (χ2v) is 3.58. The quantitative estimate of drug-likeness (QED) is 0.796. The Labute approximate surface area is 80.2 Å². The van der Waals surface area contributed by atoms with Crippen LogP contribution in [0.3, 0.4) is 0 Å². The van der Waals surface area contributed by atoms with Crippen LogP contribution in [-0.4, -0.2) is 4.98 Å². The summed E-state index contributed by atoms with van der Waals surface area (Å²) in [5.74, 6) is 0.797. The standard InChI is InChI=1S/C9H10N2OS/c1-6-2-3-12-9(6)8(10)7-4-13-5-11-7/h2-5,8H,10H2,1H3. The molecule has 68 valence electrons. The molecule has 1 atom stereocenters. The fourth-order valence-corrected chi connectivity index (χ4v) is 1.80. The van der Waals surface area contributed by atoms with E-state index in [4.69, 9.17) is 10.2 Å². The number of nitrogens with zero attached hydrogens (tertiary/aromatic N) is 1. The van der Waals surface area contributed by atoms with Gasteiger partial charge >= 0.3 is 0 Å². The van der Waals surface area contributed by atoms with Crippen molar-refractivity contribution in [2.24, 2.45) is 5.73 Å². The lowest BCUT2D eigenvalue weighted by atomic mass is 10.1. The Morgan fingerprint density at radius 3 is 3.00 bits per heavy atom. The van der Waals surface area contributed by atoms with Gasteiger partial charge in [0.1, 0.15) is 11.8 Å². The molecule has 3 nitrogen and oxygen atoms in total. The normalized spacial score (nSPS) is 13.1. The Morgan fingerprint density at radius 2 is 2.46 bits per heavy atom. The molecule has 2 rings (SSSR count). The van der Waals surface area contributed by atoms with Crippen LogP contribution in [0.5, 0.6) is 0 Å². The molecule has 0 aliphatic heterocycles. The largest absolute Gasteiger partial charge is 0.467 e. The molecule has 2 aromatic rings. The van der Waals surface area contributed by atoms with Crippen molar-refractivity contribution in [1.82, 2.24) is 4.98 Å². The van der Waals surface area contributed by atoms with E-state index in [1.807, 2.05) is 18.4 Å². The smallest absolute Gasteiger partial charge is 0.129 e. The number of aromatic nitrogens is 1. The van der Waals surface area contributed by atoms with E-state index in [1.165, 1.54) is 11.3 Å². The first-order valence-corrected chi connectivity index (χ1v) is 4.91. The molecule has 2 N–H and O–H groups in total. The lowest BCUT2D eigenvalue weighted by Crippen LogP contribution is -2.12. The van der Waals surface area contributed by atoms with Crippen LogP contribution in [0.15, 0.2) is 27.6 Å². The molecule has 2 heterocycles. The minimum absolute atomic E-state index is 0.235.